The second-order valence-corrected chi connectivity index (χ2v) is 10.0. The first-order chi connectivity index (χ1) is 17.5. The van der Waals surface area contributed by atoms with Gasteiger partial charge < -0.3 is 41.1 Å². The van der Waals surface area contributed by atoms with Crippen LogP contribution < -0.4 is 15.8 Å². The average Bonchev–Trinajstić information content (AvgIpc) is 2.76. The summed E-state index contributed by atoms with van der Waals surface area (Å²) in [7, 11) is 4.44. The average molecular weight is 541 g/mol. The zero-order chi connectivity index (χ0) is 28.5. The molecule has 11 nitrogen and oxygen atoms in total. The van der Waals surface area contributed by atoms with Crippen LogP contribution in [0.4, 0.5) is 18.9 Å². The van der Waals surface area contributed by atoms with Gasteiger partial charge in [-0.2, -0.15) is 0 Å². The third kappa shape index (κ3) is 3.77. The summed E-state index contributed by atoms with van der Waals surface area (Å²) in [5, 5.41) is 47.2. The maximum absolute atomic E-state index is 13.9. The summed E-state index contributed by atoms with van der Waals surface area (Å²) in [6, 6.07) is 0.897. The third-order valence-corrected chi connectivity index (χ3v) is 7.41. The van der Waals surface area contributed by atoms with Gasteiger partial charge in [0.1, 0.15) is 28.6 Å². The van der Waals surface area contributed by atoms with Crippen LogP contribution in [0.1, 0.15) is 24.0 Å². The van der Waals surface area contributed by atoms with Gasteiger partial charge in [0, 0.05) is 42.6 Å². The van der Waals surface area contributed by atoms with Gasteiger partial charge in [-0.15, -0.1) is 13.2 Å². The Morgan fingerprint density at radius 3 is 2.42 bits per heavy atom. The number of anilines is 1. The molecule has 0 heterocycles. The number of aliphatic hydroxyl groups is 3. The lowest BCUT2D eigenvalue weighted by atomic mass is 9.51. The quantitative estimate of drug-likeness (QED) is 0.235. The summed E-state index contributed by atoms with van der Waals surface area (Å²) in [4.78, 5) is 40.3. The topological polar surface area (TPSA) is 183 Å². The Kier molecular flexibility index (Phi) is 6.19. The van der Waals surface area contributed by atoms with E-state index in [9.17, 15) is 48.0 Å². The maximum atomic E-state index is 13.9. The number of phenolic OH excluding ortho intramolecular Hbond substituents is 1. The van der Waals surface area contributed by atoms with Crippen LogP contribution in [0.25, 0.3) is 5.76 Å². The van der Waals surface area contributed by atoms with E-state index >= 15 is 0 Å². The van der Waals surface area contributed by atoms with E-state index < -0.39 is 86.9 Å². The van der Waals surface area contributed by atoms with Gasteiger partial charge >= 0.3 is 6.36 Å². The molecule has 7 N–H and O–H groups in total. The van der Waals surface area contributed by atoms with Crippen LogP contribution in [0.5, 0.6) is 11.5 Å². The summed E-state index contributed by atoms with van der Waals surface area (Å²) in [5.74, 6) is -8.20. The molecule has 1 fully saturated rings. The SMILES string of the molecule is CNc1cc(OC(F)(F)F)c2c(c1O)C(O)=C1C(=O)[C@]3(O)C(O)=C(C(N)=O)C(=O)C[C@]3(CN(C)C)CC1C2. The molecular formula is C24H26F3N3O8. The number of aliphatic hydroxyl groups excluding tert-OH is 2. The van der Waals surface area contributed by atoms with E-state index in [1.54, 1.807) is 14.1 Å². The number of phenols is 1. The summed E-state index contributed by atoms with van der Waals surface area (Å²) in [5.41, 5.74) is -1.84. The Labute approximate surface area is 214 Å². The number of Topliss-reactive ketones (excluding diaryl/α,β-unsaturated/α-hetero) is 2. The van der Waals surface area contributed by atoms with Gasteiger partial charge in [0.05, 0.1) is 11.3 Å². The van der Waals surface area contributed by atoms with Crippen molar-refractivity contribution in [1.82, 2.24) is 4.90 Å². The minimum Gasteiger partial charge on any atom is -0.508 e. The van der Waals surface area contributed by atoms with Crippen molar-refractivity contribution in [2.75, 3.05) is 33.0 Å². The number of amides is 1. The van der Waals surface area contributed by atoms with Gasteiger partial charge in [-0.3, -0.25) is 14.4 Å². The normalized spacial score (nSPS) is 27.2. The molecule has 0 bridgehead atoms. The number of hydrogen-bond donors (Lipinski definition) is 6. The molecular weight excluding hydrogens is 515 g/mol. The number of primary amides is 1. The van der Waals surface area contributed by atoms with Gasteiger partial charge in [0.25, 0.3) is 5.91 Å². The van der Waals surface area contributed by atoms with Crippen LogP contribution >= 0.6 is 0 Å². The number of carbonyl (C=O) groups excluding carboxylic acids is 3. The first-order valence-electron chi connectivity index (χ1n) is 11.4. The molecule has 0 aliphatic heterocycles. The number of aromatic hydroxyl groups is 1. The number of nitrogens with two attached hydrogens (primary N) is 1. The monoisotopic (exact) mass is 541 g/mol. The molecule has 1 aromatic rings. The predicted molar refractivity (Wildman–Crippen MR) is 125 cm³/mol. The highest BCUT2D eigenvalue weighted by molar-refractivity contribution is 6.23. The van der Waals surface area contributed by atoms with Crippen molar-refractivity contribution in [3.63, 3.8) is 0 Å². The molecule has 1 unspecified atom stereocenters. The first-order valence-corrected chi connectivity index (χ1v) is 11.4. The fourth-order valence-electron chi connectivity index (χ4n) is 6.11. The molecule has 3 aliphatic rings. The van der Waals surface area contributed by atoms with Crippen molar-refractivity contribution in [2.24, 2.45) is 17.1 Å². The van der Waals surface area contributed by atoms with Gasteiger partial charge in [0.15, 0.2) is 11.4 Å². The molecule has 14 heteroatoms. The van der Waals surface area contributed by atoms with Crippen LogP contribution in [0.3, 0.4) is 0 Å². The number of fused-ring (bicyclic) bond motifs is 3. The van der Waals surface area contributed by atoms with Crippen LogP contribution in [0.2, 0.25) is 0 Å². The predicted octanol–water partition coefficient (Wildman–Crippen LogP) is 1.30. The van der Waals surface area contributed by atoms with E-state index in [2.05, 4.69) is 10.1 Å². The molecule has 1 aromatic carbocycles. The van der Waals surface area contributed by atoms with E-state index in [0.29, 0.717) is 0 Å². The Morgan fingerprint density at radius 2 is 1.89 bits per heavy atom. The number of nitrogens with zero attached hydrogens (tertiary/aromatic N) is 1. The van der Waals surface area contributed by atoms with Crippen LogP contribution in [0.15, 0.2) is 23.0 Å². The summed E-state index contributed by atoms with van der Waals surface area (Å²) >= 11 is 0. The van der Waals surface area contributed by atoms with E-state index in [1.165, 1.54) is 11.9 Å². The molecule has 1 amide bonds. The van der Waals surface area contributed by atoms with Crippen molar-refractivity contribution >= 4 is 28.9 Å². The number of ether oxygens (including phenoxy) is 1. The number of ketones is 2. The third-order valence-electron chi connectivity index (χ3n) is 7.41. The molecule has 0 aromatic heterocycles. The second kappa shape index (κ2) is 8.63. The Balaban J connectivity index is 2.03. The van der Waals surface area contributed by atoms with E-state index in [0.717, 1.165) is 6.07 Å². The highest BCUT2D eigenvalue weighted by Crippen LogP contribution is 2.59. The van der Waals surface area contributed by atoms with Crippen LogP contribution in [-0.4, -0.2) is 82.5 Å². The van der Waals surface area contributed by atoms with Crippen molar-refractivity contribution in [3.05, 3.63) is 34.1 Å². The molecule has 0 saturated heterocycles. The zero-order valence-electron chi connectivity index (χ0n) is 20.6. The lowest BCUT2D eigenvalue weighted by Crippen LogP contribution is -2.67. The van der Waals surface area contributed by atoms with E-state index in [1.807, 2.05) is 0 Å². The fraction of sp³-hybridized carbons (Fsp3) is 0.458. The minimum atomic E-state index is -5.12. The maximum Gasteiger partial charge on any atom is 0.573 e. The highest BCUT2D eigenvalue weighted by atomic mass is 19.4. The Hall–Kier alpha value is -3.78. The number of rotatable bonds is 5. The fourth-order valence-corrected chi connectivity index (χ4v) is 6.11. The van der Waals surface area contributed by atoms with Crippen LogP contribution in [0, 0.1) is 11.3 Å². The molecule has 3 aliphatic carbocycles. The Morgan fingerprint density at radius 1 is 1.26 bits per heavy atom. The molecule has 38 heavy (non-hydrogen) atoms. The number of alkyl halides is 3. The van der Waals surface area contributed by atoms with Crippen molar-refractivity contribution in [3.8, 4) is 11.5 Å². The van der Waals surface area contributed by atoms with E-state index in [4.69, 9.17) is 5.73 Å². The highest BCUT2D eigenvalue weighted by Gasteiger charge is 2.68. The van der Waals surface area contributed by atoms with Gasteiger partial charge in [0.2, 0.25) is 5.78 Å². The lowest BCUT2D eigenvalue weighted by molar-refractivity contribution is -0.275. The smallest absolute Gasteiger partial charge is 0.508 e. The number of hydrogen-bond acceptors (Lipinski definition) is 10. The largest absolute Gasteiger partial charge is 0.573 e. The number of nitrogens with one attached hydrogen (secondary N) is 1. The summed E-state index contributed by atoms with van der Waals surface area (Å²) in [6.45, 7) is -0.162. The zero-order valence-corrected chi connectivity index (χ0v) is 20.6. The molecule has 0 radical (unpaired) electrons. The molecule has 4 rings (SSSR count). The number of benzene rings is 1. The Bertz CT molecular complexity index is 1340. The summed E-state index contributed by atoms with van der Waals surface area (Å²) in [6.07, 6.45) is -6.34. The molecule has 0 spiro atoms. The first kappa shape index (κ1) is 27.3. The standard InChI is InChI=1S/C24H26F3N3O8/c1-29-11-5-13(38-24(25,26)27)10-4-9-6-22(8-30(2)3)7-12(31)16(21(28)36)20(35)23(22,37)19(34)14(9)18(33)15(10)17(11)32/h5,9,29,32-33,35,37H,4,6-8H2,1-3H3,(H2,28,36)/t9?,22-,23-/m0/s1. The second-order valence-electron chi connectivity index (χ2n) is 10.0. The van der Waals surface area contributed by atoms with Crippen molar-refractivity contribution in [2.45, 2.75) is 31.2 Å². The molecule has 206 valence electrons. The van der Waals surface area contributed by atoms with Gasteiger partial charge in [-0.05, 0) is 32.9 Å². The molecule has 1 saturated carbocycles. The van der Waals surface area contributed by atoms with Crippen LogP contribution in [-0.2, 0) is 20.8 Å². The van der Waals surface area contributed by atoms with Crippen molar-refractivity contribution in [1.29, 1.82) is 0 Å². The van der Waals surface area contributed by atoms with Crippen molar-refractivity contribution < 1.29 is 52.7 Å². The summed E-state index contributed by atoms with van der Waals surface area (Å²) < 4.78 is 43.8. The van der Waals surface area contributed by atoms with Gasteiger partial charge in [-0.1, -0.05) is 0 Å². The van der Waals surface area contributed by atoms with E-state index in [-0.39, 0.29) is 30.6 Å². The number of carbonyl (C=O) groups is 3. The minimum absolute atomic E-state index is 0.162. The van der Waals surface area contributed by atoms with Gasteiger partial charge in [-0.25, -0.2) is 0 Å². The number of halogens is 3. The lowest BCUT2D eigenvalue weighted by Gasteiger charge is -2.55. The molecule has 3 atom stereocenters.